The van der Waals surface area contributed by atoms with Crippen LogP contribution in [0.4, 0.5) is 0 Å². The van der Waals surface area contributed by atoms with Crippen molar-refractivity contribution >= 4 is 11.3 Å². The number of aromatic nitrogens is 1. The van der Waals surface area contributed by atoms with Gasteiger partial charge in [-0.05, 0) is 40.1 Å². The lowest BCUT2D eigenvalue weighted by atomic mass is 9.75. The molecule has 0 radical (unpaired) electrons. The summed E-state index contributed by atoms with van der Waals surface area (Å²) >= 11 is 1.61. The van der Waals surface area contributed by atoms with E-state index in [1.165, 1.54) is 0 Å². The maximum atomic E-state index is 9.59. The summed E-state index contributed by atoms with van der Waals surface area (Å²) in [5.41, 5.74) is 15.1. The molecule has 2 aliphatic rings. The third-order valence-corrected chi connectivity index (χ3v) is 5.12. The van der Waals surface area contributed by atoms with Crippen LogP contribution in [0.25, 0.3) is 0 Å². The third-order valence-electron chi connectivity index (χ3n) is 4.42. The average Bonchev–Trinajstić information content (AvgIpc) is 3.24. The molecule has 1 fully saturated rings. The minimum atomic E-state index is -0.282. The summed E-state index contributed by atoms with van der Waals surface area (Å²) in [5, 5.41) is 13.7. The van der Waals surface area contributed by atoms with Gasteiger partial charge in [0.2, 0.25) is 5.88 Å². The predicted molar refractivity (Wildman–Crippen MR) is 85.5 cm³/mol. The van der Waals surface area contributed by atoms with Crippen molar-refractivity contribution in [2.24, 2.45) is 11.7 Å². The lowest BCUT2D eigenvalue weighted by molar-refractivity contribution is 0.0341. The van der Waals surface area contributed by atoms with Crippen LogP contribution < -0.4 is 16.6 Å². The Bertz CT molecular complexity index is 768. The topological polar surface area (TPSA) is 96.0 Å². The van der Waals surface area contributed by atoms with E-state index in [1.807, 2.05) is 23.6 Å². The zero-order valence-electron chi connectivity index (χ0n) is 12.1. The van der Waals surface area contributed by atoms with Gasteiger partial charge in [0, 0.05) is 24.2 Å². The number of hydrogen-bond donors (Lipinski definition) is 3. The van der Waals surface area contributed by atoms with Crippen LogP contribution >= 0.6 is 11.3 Å². The first-order valence-electron chi connectivity index (χ1n) is 7.29. The molecule has 2 aromatic heterocycles. The predicted octanol–water partition coefficient (Wildman–Crippen LogP) is 1.74. The molecule has 0 aliphatic carbocycles. The lowest BCUT2D eigenvalue weighted by Crippen LogP contribution is -2.40. The molecule has 0 amide bonds. The van der Waals surface area contributed by atoms with Crippen molar-refractivity contribution in [3.05, 3.63) is 63.9 Å². The van der Waals surface area contributed by atoms with E-state index in [4.69, 9.17) is 10.5 Å². The quantitative estimate of drug-likeness (QED) is 0.778. The van der Waals surface area contributed by atoms with Gasteiger partial charge in [-0.3, -0.25) is 4.98 Å². The fourth-order valence-electron chi connectivity index (χ4n) is 3.40. The highest BCUT2D eigenvalue weighted by Crippen LogP contribution is 2.47. The number of allylic oxidation sites excluding steroid dienone is 1. The van der Waals surface area contributed by atoms with Gasteiger partial charge in [-0.2, -0.15) is 16.6 Å². The molecule has 23 heavy (non-hydrogen) atoms. The summed E-state index contributed by atoms with van der Waals surface area (Å²) in [5.74, 6) is 0.120. The summed E-state index contributed by atoms with van der Waals surface area (Å²) in [4.78, 5) is 4.07. The van der Waals surface area contributed by atoms with E-state index >= 15 is 0 Å². The van der Waals surface area contributed by atoms with Gasteiger partial charge in [-0.25, -0.2) is 10.9 Å². The molecule has 0 aromatic carbocycles. The Morgan fingerprint density at radius 2 is 2.04 bits per heavy atom. The van der Waals surface area contributed by atoms with Gasteiger partial charge >= 0.3 is 0 Å². The highest BCUT2D eigenvalue weighted by atomic mass is 32.1. The van der Waals surface area contributed by atoms with Gasteiger partial charge in [-0.15, -0.1) is 0 Å². The number of thiophene rings is 1. The molecule has 4 rings (SSSR count). The highest BCUT2D eigenvalue weighted by molar-refractivity contribution is 7.08. The van der Waals surface area contributed by atoms with Gasteiger partial charge in [-0.1, -0.05) is 0 Å². The molecule has 6 nitrogen and oxygen atoms in total. The Hall–Kier alpha value is -2.40. The number of pyridine rings is 1. The molecule has 4 unspecified atom stereocenters. The molecule has 4 heterocycles. The molecule has 7 heteroatoms. The Morgan fingerprint density at radius 1 is 1.22 bits per heavy atom. The van der Waals surface area contributed by atoms with Crippen LogP contribution in [0.1, 0.15) is 23.1 Å². The van der Waals surface area contributed by atoms with Gasteiger partial charge in [0.25, 0.3) is 0 Å². The number of nitriles is 1. The Balaban J connectivity index is 1.81. The zero-order chi connectivity index (χ0) is 15.8. The Kier molecular flexibility index (Phi) is 3.50. The van der Waals surface area contributed by atoms with E-state index in [9.17, 15) is 5.26 Å². The molecule has 116 valence electrons. The first kappa shape index (κ1) is 14.2. The van der Waals surface area contributed by atoms with E-state index in [2.05, 4.69) is 27.3 Å². The number of nitrogens with zero attached hydrogens (tertiary/aromatic N) is 2. The maximum Gasteiger partial charge on any atom is 0.200 e. The molecule has 0 saturated carbocycles. The minimum Gasteiger partial charge on any atom is -0.458 e. The Labute approximate surface area is 137 Å². The third kappa shape index (κ3) is 2.28. The number of nitrogens with one attached hydrogen (secondary N) is 2. The lowest BCUT2D eigenvalue weighted by Gasteiger charge is -2.35. The van der Waals surface area contributed by atoms with Crippen molar-refractivity contribution in [2.75, 3.05) is 0 Å². The van der Waals surface area contributed by atoms with E-state index in [-0.39, 0.29) is 30.0 Å². The van der Waals surface area contributed by atoms with Crippen LogP contribution in [0.5, 0.6) is 0 Å². The molecule has 2 aromatic rings. The standard InChI is InChI=1S/C16H15N5OS/c17-7-11-12(10-3-6-23-8-10)13-14(9-1-4-19-5-2-9)20-21-16(13)22-15(11)18/h1-6,8,12-14,16,20-21H,18H2. The molecule has 4 N–H and O–H groups in total. The largest absolute Gasteiger partial charge is 0.458 e. The number of ether oxygens (including phenoxy) is 1. The normalized spacial score (nSPS) is 29.7. The number of hydrazine groups is 1. The second-order valence-corrected chi connectivity index (χ2v) is 6.37. The van der Waals surface area contributed by atoms with Crippen molar-refractivity contribution in [3.63, 3.8) is 0 Å². The minimum absolute atomic E-state index is 0.00403. The SMILES string of the molecule is N#CC1=C(N)OC2NNC(c3ccncc3)C2C1c1ccsc1. The molecular formula is C16H15N5OS. The fraction of sp³-hybridized carbons (Fsp3) is 0.250. The van der Waals surface area contributed by atoms with Gasteiger partial charge in [0.05, 0.1) is 11.6 Å². The maximum absolute atomic E-state index is 9.59. The van der Waals surface area contributed by atoms with Crippen LogP contribution in [0.15, 0.2) is 52.8 Å². The number of fused-ring (bicyclic) bond motifs is 1. The molecule has 4 atom stereocenters. The summed E-state index contributed by atoms with van der Waals surface area (Å²) in [6.07, 6.45) is 3.25. The smallest absolute Gasteiger partial charge is 0.200 e. The average molecular weight is 325 g/mol. The van der Waals surface area contributed by atoms with Crippen molar-refractivity contribution in [2.45, 2.75) is 18.2 Å². The van der Waals surface area contributed by atoms with E-state index in [1.54, 1.807) is 23.7 Å². The van der Waals surface area contributed by atoms with Gasteiger partial charge in [0.15, 0.2) is 6.23 Å². The molecular weight excluding hydrogens is 310 g/mol. The number of nitrogens with two attached hydrogens (primary N) is 1. The first-order chi connectivity index (χ1) is 11.3. The molecule has 0 spiro atoms. The summed E-state index contributed by atoms with van der Waals surface area (Å²) in [6, 6.07) is 8.24. The van der Waals surface area contributed by atoms with Crippen LogP contribution in [0.3, 0.4) is 0 Å². The number of rotatable bonds is 2. The monoisotopic (exact) mass is 325 g/mol. The second kappa shape index (κ2) is 5.66. The molecule has 2 aliphatic heterocycles. The summed E-state index contributed by atoms with van der Waals surface area (Å²) < 4.78 is 5.74. The van der Waals surface area contributed by atoms with Crippen LogP contribution in [-0.4, -0.2) is 11.2 Å². The summed E-state index contributed by atoms with van der Waals surface area (Å²) in [6.45, 7) is 0. The first-order valence-corrected chi connectivity index (χ1v) is 8.23. The van der Waals surface area contributed by atoms with E-state index < -0.39 is 0 Å². The summed E-state index contributed by atoms with van der Waals surface area (Å²) in [7, 11) is 0. The van der Waals surface area contributed by atoms with Crippen molar-refractivity contribution in [3.8, 4) is 6.07 Å². The molecule has 0 bridgehead atoms. The highest BCUT2D eigenvalue weighted by Gasteiger charge is 2.49. The van der Waals surface area contributed by atoms with Crippen LogP contribution in [-0.2, 0) is 4.74 Å². The van der Waals surface area contributed by atoms with Crippen LogP contribution in [0, 0.1) is 17.2 Å². The second-order valence-electron chi connectivity index (χ2n) is 5.59. The van der Waals surface area contributed by atoms with Gasteiger partial charge in [0.1, 0.15) is 6.07 Å². The van der Waals surface area contributed by atoms with Crippen molar-refractivity contribution < 1.29 is 4.74 Å². The Morgan fingerprint density at radius 3 is 2.74 bits per heavy atom. The molecule has 1 saturated heterocycles. The zero-order valence-corrected chi connectivity index (χ0v) is 13.0. The van der Waals surface area contributed by atoms with E-state index in [0.29, 0.717) is 5.57 Å². The van der Waals surface area contributed by atoms with Crippen molar-refractivity contribution in [1.82, 2.24) is 15.8 Å². The van der Waals surface area contributed by atoms with E-state index in [0.717, 1.165) is 11.1 Å². The van der Waals surface area contributed by atoms with Crippen molar-refractivity contribution in [1.29, 1.82) is 5.26 Å². The number of hydrogen-bond acceptors (Lipinski definition) is 7. The van der Waals surface area contributed by atoms with Gasteiger partial charge < -0.3 is 10.5 Å². The van der Waals surface area contributed by atoms with Crippen LogP contribution in [0.2, 0.25) is 0 Å². The fourth-order valence-corrected chi connectivity index (χ4v) is 4.10.